The SMILES string of the molecule is C.C.C.C.C[N+](C)(C)C(F)(F)F.C[N+](C)(C)CC(F)(F)F.C[N+](C)(C)Cc1cc(C(F)(F)F)cc(C(F)(F)F)c1.C[N+](C)(C)Cc1cc(C(F)(F)F)cc(C(F)(F)F)n1.F.[F-].[F-].[F-]. The molecule has 5 nitrogen and oxygen atoms in total. The van der Waals surface area contributed by atoms with Crippen molar-refractivity contribution in [2.75, 3.05) is 91.1 Å². The fraction of sp³-hybridized carbons (Fsp3) is 0.694. The van der Waals surface area contributed by atoms with Crippen LogP contribution in [0.4, 0.5) is 83.7 Å². The third-order valence-corrected chi connectivity index (χ3v) is 5.85. The largest absolute Gasteiger partial charge is 1.00 e. The molecule has 63 heavy (non-hydrogen) atoms. The van der Waals surface area contributed by atoms with E-state index in [-0.39, 0.29) is 98.5 Å². The van der Waals surface area contributed by atoms with Gasteiger partial charge in [-0.05, 0) is 30.3 Å². The van der Waals surface area contributed by atoms with E-state index in [1.807, 2.05) is 0 Å². The molecule has 0 aliphatic carbocycles. The van der Waals surface area contributed by atoms with Gasteiger partial charge < -0.3 is 27.6 Å². The maximum atomic E-state index is 12.6. The van der Waals surface area contributed by atoms with E-state index >= 15 is 0 Å². The molecule has 0 saturated carbocycles. The number of quaternary nitrogens is 4. The molecule has 386 valence electrons. The van der Waals surface area contributed by atoms with Crippen LogP contribution in [-0.4, -0.2) is 127 Å². The van der Waals surface area contributed by atoms with Crippen molar-refractivity contribution in [2.45, 2.75) is 80.0 Å². The number of nitrogens with zero attached hydrogens (tertiary/aromatic N) is 5. The summed E-state index contributed by atoms with van der Waals surface area (Å²) in [7, 11) is 17.8. The lowest BCUT2D eigenvalue weighted by molar-refractivity contribution is -0.981. The highest BCUT2D eigenvalue weighted by Crippen LogP contribution is 2.37. The smallest absolute Gasteiger partial charge is 0.560 e. The molecule has 0 fully saturated rings. The van der Waals surface area contributed by atoms with E-state index < -0.39 is 70.6 Å². The number of halogens is 22. The van der Waals surface area contributed by atoms with E-state index in [1.165, 1.54) is 21.1 Å². The molecule has 0 saturated heterocycles. The maximum absolute atomic E-state index is 12.6. The van der Waals surface area contributed by atoms with Gasteiger partial charge >= 0.3 is 37.2 Å². The van der Waals surface area contributed by atoms with Gasteiger partial charge in [-0.2, -0.15) is 65.9 Å². The van der Waals surface area contributed by atoms with Crippen LogP contribution < -0.4 is 14.1 Å². The van der Waals surface area contributed by atoms with Crippen molar-refractivity contribution in [3.8, 4) is 0 Å². The molecule has 1 aromatic carbocycles. The van der Waals surface area contributed by atoms with Gasteiger partial charge in [-0.1, -0.05) is 29.7 Å². The zero-order chi connectivity index (χ0) is 44.8. The highest BCUT2D eigenvalue weighted by Gasteiger charge is 2.45. The molecule has 0 aliphatic heterocycles. The summed E-state index contributed by atoms with van der Waals surface area (Å²) in [5, 5.41) is 0. The summed E-state index contributed by atoms with van der Waals surface area (Å²) in [5.41, 5.74) is -5.63. The second-order valence-corrected chi connectivity index (χ2v) is 16.1. The molecule has 1 aromatic heterocycles. The Bertz CT molecular complexity index is 1310. The third kappa shape index (κ3) is 38.8. The third-order valence-electron chi connectivity index (χ3n) is 5.85. The minimum absolute atomic E-state index is 0. The molecule has 0 bridgehead atoms. The Hall–Kier alpha value is -3.33. The van der Waals surface area contributed by atoms with Gasteiger partial charge in [-0.25, -0.2) is 9.47 Å². The van der Waals surface area contributed by atoms with Gasteiger partial charge in [0.25, 0.3) is 0 Å². The monoisotopic (exact) mass is 984 g/mol. The first kappa shape index (κ1) is 83.3. The summed E-state index contributed by atoms with van der Waals surface area (Å²) in [4.78, 5) is 3.26. The summed E-state index contributed by atoms with van der Waals surface area (Å²) < 4.78 is 219. The first-order chi connectivity index (χ1) is 23.5. The number of hydrogen-bond acceptors (Lipinski definition) is 1. The van der Waals surface area contributed by atoms with Crippen molar-refractivity contribution < 1.29 is 116 Å². The summed E-state index contributed by atoms with van der Waals surface area (Å²) in [6.07, 6.45) is -27.5. The first-order valence-corrected chi connectivity index (χ1v) is 15.3. The zero-order valence-corrected chi connectivity index (χ0v) is 33.6. The lowest BCUT2D eigenvalue weighted by atomic mass is 10.0. The minimum Gasteiger partial charge on any atom is -1.00 e. The molecule has 0 radical (unpaired) electrons. The van der Waals surface area contributed by atoms with Crippen LogP contribution in [0.15, 0.2) is 30.3 Å². The average Bonchev–Trinajstić information content (AvgIpc) is 2.82. The van der Waals surface area contributed by atoms with Crippen LogP contribution in [0.1, 0.15) is 63.3 Å². The van der Waals surface area contributed by atoms with Crippen molar-refractivity contribution in [3.63, 3.8) is 0 Å². The van der Waals surface area contributed by atoms with E-state index in [0.29, 0.717) is 6.07 Å². The summed E-state index contributed by atoms with van der Waals surface area (Å²) in [6.45, 7) is -0.729. The van der Waals surface area contributed by atoms with Crippen molar-refractivity contribution in [2.24, 2.45) is 0 Å². The highest BCUT2D eigenvalue weighted by molar-refractivity contribution is 5.33. The Kier molecular flexibility index (Phi) is 36.8. The van der Waals surface area contributed by atoms with Gasteiger partial charge in [0.1, 0.15) is 18.8 Å². The standard InChI is InChI=1S/C12H14F6N.C11H13F6N2.C5H11F3N.C4H9F3N.4CH4.4FH/c1-19(2,3)7-8-4-9(11(13,14)15)6-10(5-8)12(16,17)18;1-19(2,3)6-8-4-7(10(12,13)14)5-9(18-8)11(15,16)17;1-9(2,3)4-5(6,7)8;1-8(2,3)4(5,6)7;;;;;;;;/h4-6H,7H2,1-3H3;4-5H,6H2,1-3H3;4H2,1-3H3;1-3H3;4*1H4;4*1H/q4*+1;;;;;;;;/p-3. The lowest BCUT2D eigenvalue weighted by Crippen LogP contribution is -3.00. The van der Waals surface area contributed by atoms with Crippen molar-refractivity contribution >= 4 is 0 Å². The quantitative estimate of drug-likeness (QED) is 0.255. The minimum atomic E-state index is -4.90. The van der Waals surface area contributed by atoms with E-state index in [4.69, 9.17) is 0 Å². The van der Waals surface area contributed by atoms with Crippen molar-refractivity contribution in [1.29, 1.82) is 0 Å². The predicted molar refractivity (Wildman–Crippen MR) is 197 cm³/mol. The second-order valence-electron chi connectivity index (χ2n) is 16.1. The molecule has 0 atom stereocenters. The average molecular weight is 985 g/mol. The number of rotatable bonds is 5. The topological polar surface area (TPSA) is 12.9 Å². The number of aromatic nitrogens is 1. The molecule has 1 heterocycles. The van der Waals surface area contributed by atoms with Gasteiger partial charge in [-0.15, -0.1) is 13.2 Å². The Morgan fingerprint density at radius 3 is 0.889 bits per heavy atom. The Morgan fingerprint density at radius 1 is 0.413 bits per heavy atom. The van der Waals surface area contributed by atoms with E-state index in [1.54, 1.807) is 42.3 Å². The van der Waals surface area contributed by atoms with Gasteiger partial charge in [0, 0.05) is 5.56 Å². The normalized spacial score (nSPS) is 12.1. The molecule has 0 unspecified atom stereocenters. The van der Waals surface area contributed by atoms with Crippen LogP contribution in [0, 0.1) is 0 Å². The number of alkyl halides is 18. The van der Waals surface area contributed by atoms with Crippen molar-refractivity contribution in [1.82, 2.24) is 4.98 Å². The Balaban J connectivity index is -0.0000000755. The Labute approximate surface area is 356 Å². The fourth-order valence-electron chi connectivity index (χ4n) is 3.66. The van der Waals surface area contributed by atoms with Crippen LogP contribution in [-0.2, 0) is 37.8 Å². The number of benzene rings is 1. The van der Waals surface area contributed by atoms with Crippen LogP contribution >= 0.6 is 0 Å². The first-order valence-electron chi connectivity index (χ1n) is 15.3. The molecule has 0 amide bonds. The Morgan fingerprint density at radius 2 is 0.698 bits per heavy atom. The zero-order valence-electron chi connectivity index (χ0n) is 33.6. The summed E-state index contributed by atoms with van der Waals surface area (Å²) in [5.74, 6) is 0. The molecule has 27 heteroatoms. The van der Waals surface area contributed by atoms with Crippen molar-refractivity contribution in [3.05, 3.63) is 64.0 Å². The van der Waals surface area contributed by atoms with Gasteiger partial charge in [-0.3, -0.25) is 4.70 Å². The molecular formula is C36H64F22N5+. The van der Waals surface area contributed by atoms with E-state index in [2.05, 4.69) is 4.98 Å². The van der Waals surface area contributed by atoms with Crippen LogP contribution in [0.3, 0.4) is 0 Å². The fourth-order valence-corrected chi connectivity index (χ4v) is 3.66. The second kappa shape index (κ2) is 27.9. The van der Waals surface area contributed by atoms with Crippen LogP contribution in [0.2, 0.25) is 0 Å². The van der Waals surface area contributed by atoms with Gasteiger partial charge in [0.05, 0.1) is 107 Å². The molecule has 2 rings (SSSR count). The molecular weight excluding hydrogens is 920 g/mol. The van der Waals surface area contributed by atoms with Crippen LogP contribution in [0.25, 0.3) is 0 Å². The molecule has 0 N–H and O–H groups in total. The number of pyridine rings is 1. The summed E-state index contributed by atoms with van der Waals surface area (Å²) >= 11 is 0. The predicted octanol–water partition coefficient (Wildman–Crippen LogP) is 3.43. The van der Waals surface area contributed by atoms with E-state index in [9.17, 15) is 79.0 Å². The van der Waals surface area contributed by atoms with E-state index in [0.717, 1.165) is 33.3 Å². The molecule has 0 spiro atoms. The lowest BCUT2D eigenvalue weighted by Gasteiger charge is -2.25. The molecule has 2 aromatic rings. The van der Waals surface area contributed by atoms with Crippen LogP contribution in [0.5, 0.6) is 0 Å². The molecule has 0 aliphatic rings. The highest BCUT2D eigenvalue weighted by atomic mass is 19.4. The maximum Gasteiger partial charge on any atom is 0.560 e. The van der Waals surface area contributed by atoms with Gasteiger partial charge in [0.15, 0.2) is 6.54 Å². The number of hydrogen-bond donors (Lipinski definition) is 0. The van der Waals surface area contributed by atoms with Gasteiger partial charge in [0.2, 0.25) is 0 Å². The summed E-state index contributed by atoms with van der Waals surface area (Å²) in [6, 6.07) is 2.34.